The molecule has 15 heavy (non-hydrogen) atoms. The number of carbonyl (C=O) groups is 2. The van der Waals surface area contributed by atoms with E-state index in [-0.39, 0.29) is 6.10 Å². The van der Waals surface area contributed by atoms with E-state index >= 15 is 0 Å². The van der Waals surface area contributed by atoms with E-state index < -0.39 is 11.9 Å². The van der Waals surface area contributed by atoms with Gasteiger partial charge in [0, 0.05) is 19.0 Å². The number of aliphatic hydroxyl groups is 1. The summed E-state index contributed by atoms with van der Waals surface area (Å²) >= 11 is 1.82. The maximum absolute atomic E-state index is 9.10. The lowest BCUT2D eigenvalue weighted by molar-refractivity contribution is -0.159. The molecule has 3 N–H and O–H groups in total. The molecule has 0 saturated carbocycles. The first kappa shape index (κ1) is 14.2. The molecule has 1 rings (SSSR count). The SMILES string of the molecule is CSCN1CCC(O)C1.O=C(O)C(=O)O. The molecule has 1 unspecified atom stereocenters. The summed E-state index contributed by atoms with van der Waals surface area (Å²) in [6.45, 7) is 1.95. The molecule has 1 aliphatic rings. The monoisotopic (exact) mass is 237 g/mol. The summed E-state index contributed by atoms with van der Waals surface area (Å²) in [5, 5.41) is 23.9. The van der Waals surface area contributed by atoms with Gasteiger partial charge in [0.05, 0.1) is 6.10 Å². The highest BCUT2D eigenvalue weighted by Crippen LogP contribution is 2.10. The average molecular weight is 237 g/mol. The number of carboxylic acid groups (broad SMARTS) is 2. The highest BCUT2D eigenvalue weighted by Gasteiger charge is 2.18. The lowest BCUT2D eigenvalue weighted by atomic mass is 10.3. The maximum atomic E-state index is 9.10. The predicted octanol–water partition coefficient (Wildman–Crippen LogP) is -0.471. The number of rotatable bonds is 2. The van der Waals surface area contributed by atoms with Gasteiger partial charge in [0.25, 0.3) is 0 Å². The van der Waals surface area contributed by atoms with E-state index in [1.807, 2.05) is 11.8 Å². The van der Waals surface area contributed by atoms with Crippen molar-refractivity contribution in [2.75, 3.05) is 25.2 Å². The van der Waals surface area contributed by atoms with E-state index in [2.05, 4.69) is 11.2 Å². The van der Waals surface area contributed by atoms with Gasteiger partial charge in [0.2, 0.25) is 0 Å². The first-order chi connectivity index (χ1) is 6.97. The number of likely N-dealkylation sites (tertiary alicyclic amines) is 1. The molecule has 0 spiro atoms. The van der Waals surface area contributed by atoms with Crippen molar-refractivity contribution < 1.29 is 24.9 Å². The molecule has 0 aliphatic carbocycles. The number of thioether (sulfide) groups is 1. The molecule has 0 amide bonds. The van der Waals surface area contributed by atoms with Crippen molar-refractivity contribution in [3.63, 3.8) is 0 Å². The predicted molar refractivity (Wildman–Crippen MR) is 55.9 cm³/mol. The van der Waals surface area contributed by atoms with Crippen LogP contribution in [0, 0.1) is 0 Å². The molecule has 1 saturated heterocycles. The van der Waals surface area contributed by atoms with Gasteiger partial charge in [-0.2, -0.15) is 0 Å². The molecular formula is C8H15NO5S. The van der Waals surface area contributed by atoms with Crippen LogP contribution in [-0.4, -0.2) is 63.5 Å². The number of nitrogens with zero attached hydrogens (tertiary/aromatic N) is 1. The fraction of sp³-hybridized carbons (Fsp3) is 0.750. The molecule has 7 heteroatoms. The molecule has 1 atom stereocenters. The second-order valence-electron chi connectivity index (χ2n) is 3.05. The van der Waals surface area contributed by atoms with Crippen LogP contribution in [0.15, 0.2) is 0 Å². The van der Waals surface area contributed by atoms with Crippen LogP contribution in [0.4, 0.5) is 0 Å². The lowest BCUT2D eigenvalue weighted by Crippen LogP contribution is -2.20. The standard InChI is InChI=1S/C6H13NOS.C2H2O4/c1-9-5-7-3-2-6(8)4-7;3-1(4)2(5)6/h6,8H,2-5H2,1H3;(H,3,4)(H,5,6). The zero-order valence-corrected chi connectivity index (χ0v) is 9.24. The quantitative estimate of drug-likeness (QED) is 0.558. The maximum Gasteiger partial charge on any atom is 0.414 e. The Morgan fingerprint density at radius 2 is 1.93 bits per heavy atom. The molecule has 1 heterocycles. The van der Waals surface area contributed by atoms with Crippen LogP contribution in [0.1, 0.15) is 6.42 Å². The Kier molecular flexibility index (Phi) is 7.10. The summed E-state index contributed by atoms with van der Waals surface area (Å²) in [6, 6.07) is 0. The van der Waals surface area contributed by atoms with Crippen LogP contribution in [0.2, 0.25) is 0 Å². The van der Waals surface area contributed by atoms with E-state index in [1.165, 1.54) is 0 Å². The molecular weight excluding hydrogens is 222 g/mol. The van der Waals surface area contributed by atoms with Crippen molar-refractivity contribution in [3.05, 3.63) is 0 Å². The number of β-amino-alcohol motifs (C(OH)–C–C–N with tert-alkyl or cyclic N) is 1. The average Bonchev–Trinajstić information content (AvgIpc) is 2.53. The minimum Gasteiger partial charge on any atom is -0.473 e. The normalized spacial score (nSPS) is 20.5. The van der Waals surface area contributed by atoms with Crippen LogP contribution in [0.3, 0.4) is 0 Å². The Hall–Kier alpha value is -0.790. The van der Waals surface area contributed by atoms with Gasteiger partial charge in [-0.3, -0.25) is 4.90 Å². The summed E-state index contributed by atoms with van der Waals surface area (Å²) in [5.74, 6) is -2.58. The van der Waals surface area contributed by atoms with Crippen LogP contribution >= 0.6 is 11.8 Å². The molecule has 0 aromatic rings. The van der Waals surface area contributed by atoms with Crippen molar-refractivity contribution in [2.45, 2.75) is 12.5 Å². The van der Waals surface area contributed by atoms with Crippen LogP contribution in [-0.2, 0) is 9.59 Å². The number of aliphatic carboxylic acids is 2. The minimum atomic E-state index is -1.82. The summed E-state index contributed by atoms with van der Waals surface area (Å²) in [6.07, 6.45) is 2.99. The van der Waals surface area contributed by atoms with Gasteiger partial charge >= 0.3 is 11.9 Å². The second kappa shape index (κ2) is 7.49. The van der Waals surface area contributed by atoms with Gasteiger partial charge in [-0.1, -0.05) is 0 Å². The Labute approximate surface area is 91.9 Å². The second-order valence-corrected chi connectivity index (χ2v) is 3.88. The summed E-state index contributed by atoms with van der Waals surface area (Å²) in [4.78, 5) is 20.5. The Morgan fingerprint density at radius 1 is 1.40 bits per heavy atom. The molecule has 88 valence electrons. The largest absolute Gasteiger partial charge is 0.473 e. The van der Waals surface area contributed by atoms with Crippen molar-refractivity contribution in [3.8, 4) is 0 Å². The van der Waals surface area contributed by atoms with Gasteiger partial charge in [0.1, 0.15) is 0 Å². The summed E-state index contributed by atoms with van der Waals surface area (Å²) < 4.78 is 0. The zero-order valence-electron chi connectivity index (χ0n) is 8.42. The first-order valence-corrected chi connectivity index (χ1v) is 5.72. The van der Waals surface area contributed by atoms with Crippen molar-refractivity contribution >= 4 is 23.7 Å². The third-order valence-electron chi connectivity index (χ3n) is 1.74. The number of hydrogen-bond donors (Lipinski definition) is 3. The third kappa shape index (κ3) is 7.18. The molecule has 1 fully saturated rings. The van der Waals surface area contributed by atoms with E-state index in [0.717, 1.165) is 25.4 Å². The summed E-state index contributed by atoms with van der Waals surface area (Å²) in [7, 11) is 0. The van der Waals surface area contributed by atoms with Gasteiger partial charge in [-0.05, 0) is 12.7 Å². The molecule has 0 bridgehead atoms. The minimum absolute atomic E-state index is 0.0582. The van der Waals surface area contributed by atoms with Crippen LogP contribution in [0.25, 0.3) is 0 Å². The van der Waals surface area contributed by atoms with Crippen LogP contribution in [0.5, 0.6) is 0 Å². The third-order valence-corrected chi connectivity index (χ3v) is 2.37. The number of carboxylic acids is 2. The number of aliphatic hydroxyl groups excluding tert-OH is 1. The van der Waals surface area contributed by atoms with E-state index in [4.69, 9.17) is 24.9 Å². The Morgan fingerprint density at radius 3 is 2.20 bits per heavy atom. The fourth-order valence-electron chi connectivity index (χ4n) is 1.11. The Balaban J connectivity index is 0.000000288. The topological polar surface area (TPSA) is 98.1 Å². The zero-order chi connectivity index (χ0) is 11.8. The number of hydrogen-bond acceptors (Lipinski definition) is 5. The highest BCUT2D eigenvalue weighted by molar-refractivity contribution is 7.98. The molecule has 0 radical (unpaired) electrons. The van der Waals surface area contributed by atoms with E-state index in [1.54, 1.807) is 0 Å². The smallest absolute Gasteiger partial charge is 0.414 e. The van der Waals surface area contributed by atoms with Crippen molar-refractivity contribution in [1.29, 1.82) is 0 Å². The van der Waals surface area contributed by atoms with Crippen molar-refractivity contribution in [2.24, 2.45) is 0 Å². The highest BCUT2D eigenvalue weighted by atomic mass is 32.2. The van der Waals surface area contributed by atoms with Gasteiger partial charge in [-0.25, -0.2) is 9.59 Å². The van der Waals surface area contributed by atoms with E-state index in [9.17, 15) is 0 Å². The molecule has 1 aliphatic heterocycles. The van der Waals surface area contributed by atoms with Crippen LogP contribution < -0.4 is 0 Å². The first-order valence-electron chi connectivity index (χ1n) is 4.33. The molecule has 6 nitrogen and oxygen atoms in total. The van der Waals surface area contributed by atoms with Gasteiger partial charge in [-0.15, -0.1) is 11.8 Å². The van der Waals surface area contributed by atoms with Crippen molar-refractivity contribution in [1.82, 2.24) is 4.90 Å². The lowest BCUT2D eigenvalue weighted by Gasteiger charge is -2.11. The van der Waals surface area contributed by atoms with Gasteiger partial charge in [0.15, 0.2) is 0 Å². The van der Waals surface area contributed by atoms with E-state index in [0.29, 0.717) is 0 Å². The van der Waals surface area contributed by atoms with Gasteiger partial charge < -0.3 is 15.3 Å². The molecule has 0 aromatic carbocycles. The fourth-order valence-corrected chi connectivity index (χ4v) is 1.71. The Bertz CT molecular complexity index is 209. The summed E-state index contributed by atoms with van der Waals surface area (Å²) in [5.41, 5.74) is 0. The molecule has 0 aromatic heterocycles.